The van der Waals surface area contributed by atoms with E-state index in [-0.39, 0.29) is 0 Å². The van der Waals surface area contributed by atoms with E-state index in [2.05, 4.69) is 16.0 Å². The quantitative estimate of drug-likeness (QED) is 0.403. The Hall–Kier alpha value is -3.86. The molecule has 0 radical (unpaired) electrons. The maximum Gasteiger partial charge on any atom is 0.225 e. The molecule has 0 unspecified atom stereocenters. The van der Waals surface area contributed by atoms with Gasteiger partial charge in [-0.2, -0.15) is 5.26 Å². The molecule has 7 heteroatoms. The lowest BCUT2D eigenvalue weighted by Crippen LogP contribution is -2.21. The molecule has 33 heavy (non-hydrogen) atoms. The molecule has 2 aromatic carbocycles. The standard InChI is InChI=1S/C26H23N3O4/c1-26(31-12-13-32-26)24-15-21-22(6-7-23(30-2)25(21)33-24)29(17-18-8-10-28-11-9-18)20-5-3-4-19(14-20)16-27/h3-11,14-15H,12-13,17H2,1-2H3. The molecule has 0 saturated carbocycles. The molecule has 0 N–H and O–H groups in total. The first-order valence-electron chi connectivity index (χ1n) is 10.7. The Kier molecular flexibility index (Phi) is 5.47. The van der Waals surface area contributed by atoms with Crippen LogP contribution in [0.5, 0.6) is 5.75 Å². The van der Waals surface area contributed by atoms with E-state index in [1.54, 1.807) is 25.6 Å². The second-order valence-corrected chi connectivity index (χ2v) is 7.89. The molecule has 1 saturated heterocycles. The highest BCUT2D eigenvalue weighted by Crippen LogP contribution is 2.43. The van der Waals surface area contributed by atoms with Gasteiger partial charge >= 0.3 is 0 Å². The number of methoxy groups -OCH3 is 1. The highest BCUT2D eigenvalue weighted by atomic mass is 16.7. The fourth-order valence-corrected chi connectivity index (χ4v) is 4.09. The van der Waals surface area contributed by atoms with E-state index in [9.17, 15) is 5.26 Å². The van der Waals surface area contributed by atoms with Gasteiger partial charge in [-0.3, -0.25) is 4.98 Å². The highest BCUT2D eigenvalue weighted by Gasteiger charge is 2.37. The summed E-state index contributed by atoms with van der Waals surface area (Å²) < 4.78 is 23.5. The van der Waals surface area contributed by atoms with Crippen molar-refractivity contribution >= 4 is 22.3 Å². The molecule has 5 rings (SSSR count). The lowest BCUT2D eigenvalue weighted by Gasteiger charge is -2.26. The first-order chi connectivity index (χ1) is 16.1. The van der Waals surface area contributed by atoms with E-state index in [1.165, 1.54) is 0 Å². The molecule has 0 amide bonds. The summed E-state index contributed by atoms with van der Waals surface area (Å²) >= 11 is 0. The van der Waals surface area contributed by atoms with Gasteiger partial charge in [-0.1, -0.05) is 6.07 Å². The van der Waals surface area contributed by atoms with Gasteiger partial charge in [-0.15, -0.1) is 0 Å². The maximum atomic E-state index is 9.46. The van der Waals surface area contributed by atoms with Crippen molar-refractivity contribution in [2.45, 2.75) is 19.3 Å². The lowest BCUT2D eigenvalue weighted by atomic mass is 10.1. The minimum atomic E-state index is -0.946. The summed E-state index contributed by atoms with van der Waals surface area (Å²) in [6.07, 6.45) is 3.54. The van der Waals surface area contributed by atoms with Gasteiger partial charge in [0.2, 0.25) is 5.79 Å². The molecule has 1 fully saturated rings. The minimum absolute atomic E-state index is 0.507. The van der Waals surface area contributed by atoms with Gasteiger partial charge in [0.05, 0.1) is 37.6 Å². The smallest absolute Gasteiger partial charge is 0.225 e. The van der Waals surface area contributed by atoms with E-state index in [0.717, 1.165) is 22.3 Å². The second kappa shape index (κ2) is 8.58. The lowest BCUT2D eigenvalue weighted by molar-refractivity contribution is -0.162. The van der Waals surface area contributed by atoms with Crippen LogP contribution in [0.25, 0.3) is 11.0 Å². The van der Waals surface area contributed by atoms with E-state index < -0.39 is 5.79 Å². The molecular formula is C26H23N3O4. The number of anilines is 2. The van der Waals surface area contributed by atoms with Crippen molar-refractivity contribution in [3.63, 3.8) is 0 Å². The molecule has 2 aromatic heterocycles. The zero-order valence-electron chi connectivity index (χ0n) is 18.4. The zero-order chi connectivity index (χ0) is 22.8. The van der Waals surface area contributed by atoms with Crippen molar-refractivity contribution in [2.24, 2.45) is 0 Å². The Morgan fingerprint density at radius 3 is 2.61 bits per heavy atom. The van der Waals surface area contributed by atoms with Gasteiger partial charge in [0.25, 0.3) is 0 Å². The molecule has 0 spiro atoms. The van der Waals surface area contributed by atoms with Crippen molar-refractivity contribution in [1.29, 1.82) is 5.26 Å². The van der Waals surface area contributed by atoms with Gasteiger partial charge in [-0.25, -0.2) is 0 Å². The normalized spacial score (nSPS) is 14.8. The largest absolute Gasteiger partial charge is 0.493 e. The van der Waals surface area contributed by atoms with Crippen LogP contribution < -0.4 is 9.64 Å². The van der Waals surface area contributed by atoms with Crippen LogP contribution in [0.1, 0.15) is 23.8 Å². The second-order valence-electron chi connectivity index (χ2n) is 7.89. The molecule has 0 aliphatic carbocycles. The summed E-state index contributed by atoms with van der Waals surface area (Å²) in [5.74, 6) is 0.254. The third kappa shape index (κ3) is 3.91. The van der Waals surface area contributed by atoms with Crippen LogP contribution in [-0.4, -0.2) is 25.3 Å². The number of hydrogen-bond acceptors (Lipinski definition) is 7. The van der Waals surface area contributed by atoms with Gasteiger partial charge in [0.1, 0.15) is 0 Å². The number of nitrogens with zero attached hydrogens (tertiary/aromatic N) is 3. The van der Waals surface area contributed by atoms with Crippen molar-refractivity contribution < 1.29 is 18.6 Å². The number of aromatic nitrogens is 1. The number of rotatable bonds is 6. The number of ether oxygens (including phenoxy) is 3. The number of hydrogen-bond donors (Lipinski definition) is 0. The van der Waals surface area contributed by atoms with Gasteiger partial charge in [0.15, 0.2) is 17.1 Å². The SMILES string of the molecule is COc1ccc(N(Cc2ccncc2)c2cccc(C#N)c2)c2cc(C3(C)OCCO3)oc12. The van der Waals surface area contributed by atoms with Gasteiger partial charge in [0, 0.05) is 30.0 Å². The molecular weight excluding hydrogens is 418 g/mol. The molecule has 1 aliphatic heterocycles. The molecule has 1 aliphatic rings. The molecule has 0 atom stereocenters. The zero-order valence-corrected chi connectivity index (χ0v) is 18.4. The van der Waals surface area contributed by atoms with E-state index in [1.807, 2.05) is 55.5 Å². The summed E-state index contributed by atoms with van der Waals surface area (Å²) in [7, 11) is 1.62. The molecule has 4 aromatic rings. The van der Waals surface area contributed by atoms with Crippen LogP contribution in [0, 0.1) is 11.3 Å². The summed E-state index contributed by atoms with van der Waals surface area (Å²) in [6, 6.07) is 19.6. The van der Waals surface area contributed by atoms with E-state index in [0.29, 0.717) is 42.4 Å². The van der Waals surface area contributed by atoms with Crippen molar-refractivity contribution in [1.82, 2.24) is 4.98 Å². The van der Waals surface area contributed by atoms with Crippen LogP contribution in [0.3, 0.4) is 0 Å². The Morgan fingerprint density at radius 1 is 1.09 bits per heavy atom. The molecule has 166 valence electrons. The fourth-order valence-electron chi connectivity index (χ4n) is 4.09. The van der Waals surface area contributed by atoms with Crippen molar-refractivity contribution in [3.8, 4) is 11.8 Å². The van der Waals surface area contributed by atoms with Crippen molar-refractivity contribution in [2.75, 3.05) is 25.2 Å². The van der Waals surface area contributed by atoms with Crippen LogP contribution in [0.15, 0.2) is 71.4 Å². The number of benzene rings is 2. The molecule has 7 nitrogen and oxygen atoms in total. The number of fused-ring (bicyclic) bond motifs is 1. The highest BCUT2D eigenvalue weighted by molar-refractivity contribution is 5.97. The monoisotopic (exact) mass is 441 g/mol. The number of furan rings is 1. The van der Waals surface area contributed by atoms with E-state index in [4.69, 9.17) is 18.6 Å². The van der Waals surface area contributed by atoms with E-state index >= 15 is 0 Å². The third-order valence-corrected chi connectivity index (χ3v) is 5.80. The Labute approximate surface area is 191 Å². The first-order valence-corrected chi connectivity index (χ1v) is 10.7. The topological polar surface area (TPSA) is 80.8 Å². The van der Waals surface area contributed by atoms with Gasteiger partial charge in [-0.05, 0) is 61.0 Å². The Bertz CT molecular complexity index is 1320. The third-order valence-electron chi connectivity index (χ3n) is 5.80. The predicted molar refractivity (Wildman–Crippen MR) is 123 cm³/mol. The van der Waals surface area contributed by atoms with Crippen LogP contribution in [0.4, 0.5) is 11.4 Å². The molecule has 0 bridgehead atoms. The predicted octanol–water partition coefficient (Wildman–Crippen LogP) is 5.27. The summed E-state index contributed by atoms with van der Waals surface area (Å²) in [4.78, 5) is 6.28. The van der Waals surface area contributed by atoms with Gasteiger partial charge < -0.3 is 23.5 Å². The average Bonchev–Trinajstić information content (AvgIpc) is 3.51. The maximum absolute atomic E-state index is 9.46. The minimum Gasteiger partial charge on any atom is -0.493 e. The summed E-state index contributed by atoms with van der Waals surface area (Å²) in [6.45, 7) is 3.44. The summed E-state index contributed by atoms with van der Waals surface area (Å²) in [5.41, 5.74) is 4.08. The van der Waals surface area contributed by atoms with Crippen LogP contribution >= 0.6 is 0 Å². The number of nitriles is 1. The number of pyridine rings is 1. The first kappa shape index (κ1) is 21.0. The van der Waals surface area contributed by atoms with Crippen molar-refractivity contribution in [3.05, 3.63) is 83.9 Å². The van der Waals surface area contributed by atoms with Crippen LogP contribution in [-0.2, 0) is 21.8 Å². The Morgan fingerprint density at radius 2 is 1.88 bits per heavy atom. The fraction of sp³-hybridized carbons (Fsp3) is 0.231. The Balaban J connectivity index is 1.69. The van der Waals surface area contributed by atoms with Crippen LogP contribution in [0.2, 0.25) is 0 Å². The average molecular weight is 441 g/mol. The summed E-state index contributed by atoms with van der Waals surface area (Å²) in [5, 5.41) is 10.3. The molecule has 3 heterocycles.